The number of esters is 2. The molecule has 0 heterocycles. The fraction of sp³-hybridized carbons (Fsp3) is 0.333. The van der Waals surface area contributed by atoms with Crippen molar-refractivity contribution < 1.29 is 19.1 Å². The van der Waals surface area contributed by atoms with Crippen molar-refractivity contribution in [2.75, 3.05) is 13.7 Å². The molecule has 1 aromatic carbocycles. The first kappa shape index (κ1) is 15.8. The van der Waals surface area contributed by atoms with E-state index >= 15 is 0 Å². The van der Waals surface area contributed by atoms with Gasteiger partial charge in [0.15, 0.2) is 5.57 Å². The van der Waals surface area contributed by atoms with E-state index in [1.807, 2.05) is 30.3 Å². The lowest BCUT2D eigenvalue weighted by molar-refractivity contribution is -0.145. The lowest BCUT2D eigenvalue weighted by Gasteiger charge is -2.09. The first-order valence-corrected chi connectivity index (χ1v) is 6.38. The van der Waals surface area contributed by atoms with Crippen LogP contribution in [0.5, 0.6) is 0 Å². The summed E-state index contributed by atoms with van der Waals surface area (Å²) in [5, 5.41) is 0. The highest BCUT2D eigenvalue weighted by Crippen LogP contribution is 2.12. The minimum absolute atomic E-state index is 0.172. The van der Waals surface area contributed by atoms with E-state index in [9.17, 15) is 9.59 Å². The summed E-state index contributed by atoms with van der Waals surface area (Å²) in [4.78, 5) is 23.4. The molecule has 5 nitrogen and oxygen atoms in total. The summed E-state index contributed by atoms with van der Waals surface area (Å²) in [5.41, 5.74) is 6.89. The smallest absolute Gasteiger partial charge is 0.347 e. The first-order chi connectivity index (χ1) is 9.60. The average molecular weight is 277 g/mol. The predicted molar refractivity (Wildman–Crippen MR) is 74.6 cm³/mol. The average Bonchev–Trinajstić information content (AvgIpc) is 2.46. The number of allylic oxidation sites excluding steroid dienone is 1. The molecule has 0 fully saturated rings. The van der Waals surface area contributed by atoms with Gasteiger partial charge in [-0.25, -0.2) is 9.59 Å². The van der Waals surface area contributed by atoms with Gasteiger partial charge in [-0.3, -0.25) is 0 Å². The second-order valence-corrected chi connectivity index (χ2v) is 4.10. The summed E-state index contributed by atoms with van der Waals surface area (Å²) in [6.07, 6.45) is 1.01. The van der Waals surface area contributed by atoms with Gasteiger partial charge in [-0.2, -0.15) is 0 Å². The van der Waals surface area contributed by atoms with Gasteiger partial charge in [-0.05, 0) is 25.3 Å². The number of hydrogen-bond acceptors (Lipinski definition) is 5. The third-order valence-electron chi connectivity index (χ3n) is 2.72. The van der Waals surface area contributed by atoms with Gasteiger partial charge in [0, 0.05) is 5.70 Å². The van der Waals surface area contributed by atoms with Gasteiger partial charge in [0.05, 0.1) is 13.7 Å². The van der Waals surface area contributed by atoms with Crippen LogP contribution in [0.4, 0.5) is 0 Å². The van der Waals surface area contributed by atoms with Crippen LogP contribution in [0, 0.1) is 0 Å². The second-order valence-electron chi connectivity index (χ2n) is 4.10. The van der Waals surface area contributed by atoms with E-state index in [-0.39, 0.29) is 17.9 Å². The van der Waals surface area contributed by atoms with Crippen LogP contribution in [-0.4, -0.2) is 25.7 Å². The Labute approximate surface area is 118 Å². The van der Waals surface area contributed by atoms with Gasteiger partial charge in [-0.1, -0.05) is 30.3 Å². The van der Waals surface area contributed by atoms with Crippen molar-refractivity contribution in [2.45, 2.75) is 19.8 Å². The molecule has 0 aromatic heterocycles. The molecular formula is C15H19NO4. The highest BCUT2D eigenvalue weighted by atomic mass is 16.5. The second kappa shape index (κ2) is 7.99. The van der Waals surface area contributed by atoms with Crippen LogP contribution in [0.2, 0.25) is 0 Å². The lowest BCUT2D eigenvalue weighted by Crippen LogP contribution is -2.22. The molecular weight excluding hydrogens is 258 g/mol. The minimum atomic E-state index is -0.769. The molecule has 2 N–H and O–H groups in total. The van der Waals surface area contributed by atoms with Crippen molar-refractivity contribution in [3.05, 3.63) is 47.2 Å². The maximum absolute atomic E-state index is 11.7. The Morgan fingerprint density at radius 2 is 1.80 bits per heavy atom. The van der Waals surface area contributed by atoms with Crippen molar-refractivity contribution >= 4 is 11.9 Å². The fourth-order valence-corrected chi connectivity index (χ4v) is 1.70. The normalized spacial score (nSPS) is 11.5. The van der Waals surface area contributed by atoms with Crippen LogP contribution in [0.15, 0.2) is 41.6 Å². The Kier molecular flexibility index (Phi) is 6.29. The molecule has 20 heavy (non-hydrogen) atoms. The number of carbonyl (C=O) groups is 2. The molecule has 0 aliphatic carbocycles. The topological polar surface area (TPSA) is 78.6 Å². The van der Waals surface area contributed by atoms with E-state index in [4.69, 9.17) is 10.5 Å². The molecule has 1 aromatic rings. The van der Waals surface area contributed by atoms with Crippen molar-refractivity contribution in [3.63, 3.8) is 0 Å². The zero-order valence-corrected chi connectivity index (χ0v) is 11.7. The molecule has 0 saturated carbocycles. The Morgan fingerprint density at radius 1 is 1.15 bits per heavy atom. The van der Waals surface area contributed by atoms with Crippen LogP contribution < -0.4 is 5.73 Å². The van der Waals surface area contributed by atoms with Crippen LogP contribution in [0.25, 0.3) is 0 Å². The van der Waals surface area contributed by atoms with Crippen molar-refractivity contribution in [2.24, 2.45) is 5.73 Å². The van der Waals surface area contributed by atoms with E-state index in [2.05, 4.69) is 4.74 Å². The molecule has 108 valence electrons. The number of benzene rings is 1. The Bertz CT molecular complexity index is 494. The quantitative estimate of drug-likeness (QED) is 0.369. The van der Waals surface area contributed by atoms with Gasteiger partial charge in [0.25, 0.3) is 0 Å². The number of hydrogen-bond donors (Lipinski definition) is 1. The molecule has 0 bridgehead atoms. The summed E-state index contributed by atoms with van der Waals surface area (Å²) in [7, 11) is 1.20. The maximum Gasteiger partial charge on any atom is 0.347 e. The summed E-state index contributed by atoms with van der Waals surface area (Å²) in [6.45, 7) is 1.83. The summed E-state index contributed by atoms with van der Waals surface area (Å²) >= 11 is 0. The van der Waals surface area contributed by atoms with E-state index in [0.29, 0.717) is 12.8 Å². The van der Waals surface area contributed by atoms with Gasteiger partial charge >= 0.3 is 11.9 Å². The van der Waals surface area contributed by atoms with Gasteiger partial charge in [-0.15, -0.1) is 0 Å². The minimum Gasteiger partial charge on any atom is -0.465 e. The molecule has 0 saturated heterocycles. The molecule has 0 radical (unpaired) electrons. The summed E-state index contributed by atoms with van der Waals surface area (Å²) in [6, 6.07) is 9.66. The van der Waals surface area contributed by atoms with Crippen LogP contribution in [-0.2, 0) is 25.5 Å². The number of ether oxygens (including phenoxy) is 2. The molecule has 0 aliphatic heterocycles. The Balaban J connectivity index is 2.85. The molecule has 1 rings (SSSR count). The molecule has 0 unspecified atom stereocenters. The SMILES string of the molecule is CCOC(=O)/C(C(=O)OC)=C(\N)CCc1ccccc1. The highest BCUT2D eigenvalue weighted by Gasteiger charge is 2.23. The highest BCUT2D eigenvalue weighted by molar-refractivity contribution is 6.14. The first-order valence-electron chi connectivity index (χ1n) is 6.38. The van der Waals surface area contributed by atoms with Crippen LogP contribution in [0.3, 0.4) is 0 Å². The van der Waals surface area contributed by atoms with E-state index in [0.717, 1.165) is 5.56 Å². The number of methoxy groups -OCH3 is 1. The summed E-state index contributed by atoms with van der Waals surface area (Å²) < 4.78 is 9.40. The Hall–Kier alpha value is -2.30. The molecule has 0 spiro atoms. The Morgan fingerprint density at radius 3 is 2.35 bits per heavy atom. The number of carbonyl (C=O) groups excluding carboxylic acids is 2. The van der Waals surface area contributed by atoms with Crippen LogP contribution in [0.1, 0.15) is 18.9 Å². The lowest BCUT2D eigenvalue weighted by atomic mass is 10.1. The van der Waals surface area contributed by atoms with Crippen molar-refractivity contribution in [1.82, 2.24) is 0 Å². The number of nitrogens with two attached hydrogens (primary N) is 1. The molecule has 0 amide bonds. The van der Waals surface area contributed by atoms with E-state index in [1.54, 1.807) is 6.92 Å². The number of aryl methyl sites for hydroxylation is 1. The predicted octanol–water partition coefficient (Wildman–Crippen LogP) is 1.57. The van der Waals surface area contributed by atoms with Crippen molar-refractivity contribution in [1.29, 1.82) is 0 Å². The fourth-order valence-electron chi connectivity index (χ4n) is 1.70. The maximum atomic E-state index is 11.7. The zero-order valence-electron chi connectivity index (χ0n) is 11.7. The third-order valence-corrected chi connectivity index (χ3v) is 2.72. The van der Waals surface area contributed by atoms with Crippen molar-refractivity contribution in [3.8, 4) is 0 Å². The van der Waals surface area contributed by atoms with Gasteiger partial charge in [0.1, 0.15) is 0 Å². The van der Waals surface area contributed by atoms with E-state index < -0.39 is 11.9 Å². The monoisotopic (exact) mass is 277 g/mol. The molecule has 5 heteroatoms. The van der Waals surface area contributed by atoms with Gasteiger partial charge in [0.2, 0.25) is 0 Å². The molecule has 0 aliphatic rings. The van der Waals surface area contributed by atoms with Crippen LogP contribution >= 0.6 is 0 Å². The van der Waals surface area contributed by atoms with E-state index in [1.165, 1.54) is 7.11 Å². The van der Waals surface area contributed by atoms with Gasteiger partial charge < -0.3 is 15.2 Å². The largest absolute Gasteiger partial charge is 0.465 e. The number of rotatable bonds is 6. The third kappa shape index (κ3) is 4.42. The standard InChI is InChI=1S/C15H19NO4/c1-3-20-15(18)13(14(17)19-2)12(16)10-9-11-7-5-4-6-8-11/h4-8H,3,9-10,16H2,1-2H3/b13-12-. The summed E-state index contributed by atoms with van der Waals surface area (Å²) in [5.74, 6) is -1.51. The zero-order chi connectivity index (χ0) is 15.0. The molecule has 0 atom stereocenters.